The molecule has 0 bridgehead atoms. The molecular formula is C22H32N6S. The van der Waals surface area contributed by atoms with Crippen molar-refractivity contribution in [2.45, 2.75) is 58.2 Å². The highest BCUT2D eigenvalue weighted by Gasteiger charge is 2.41. The Labute approximate surface area is 177 Å². The van der Waals surface area contributed by atoms with Gasteiger partial charge in [-0.15, -0.1) is 11.3 Å². The lowest BCUT2D eigenvalue weighted by Gasteiger charge is -2.44. The summed E-state index contributed by atoms with van der Waals surface area (Å²) < 4.78 is 0. The van der Waals surface area contributed by atoms with E-state index < -0.39 is 0 Å². The minimum Gasteiger partial charge on any atom is -0.370 e. The number of thiophene rings is 1. The van der Waals surface area contributed by atoms with Crippen LogP contribution in [0.5, 0.6) is 0 Å². The number of nitrogens with one attached hydrogen (secondary N) is 2. The van der Waals surface area contributed by atoms with Crippen molar-refractivity contribution >= 4 is 23.0 Å². The number of nitrogens with two attached hydrogens (primary N) is 1. The summed E-state index contributed by atoms with van der Waals surface area (Å²) >= 11 is 1.82. The number of guanidine groups is 1. The predicted octanol–water partition coefficient (Wildman–Crippen LogP) is 3.36. The minimum absolute atomic E-state index is 0.355. The molecule has 4 N–H and O–H groups in total. The number of pyridine rings is 1. The quantitative estimate of drug-likeness (QED) is 0.634. The average molecular weight is 413 g/mol. The summed E-state index contributed by atoms with van der Waals surface area (Å²) in [5, 5.41) is 6.99. The van der Waals surface area contributed by atoms with E-state index in [1.54, 1.807) is 0 Å². The Balaban J connectivity index is 1.29. The van der Waals surface area contributed by atoms with E-state index in [4.69, 9.17) is 10.7 Å². The number of fused-ring (bicyclic) bond motifs is 1. The van der Waals surface area contributed by atoms with E-state index in [1.807, 2.05) is 23.7 Å². The molecule has 6 nitrogen and oxygen atoms in total. The highest BCUT2D eigenvalue weighted by atomic mass is 32.1. The molecule has 1 saturated heterocycles. The van der Waals surface area contributed by atoms with Crippen LogP contribution in [0.25, 0.3) is 0 Å². The number of aryl methyl sites for hydroxylation is 3. The van der Waals surface area contributed by atoms with Gasteiger partial charge in [0.25, 0.3) is 0 Å². The molecule has 1 atom stereocenters. The average Bonchev–Trinajstić information content (AvgIpc) is 3.08. The molecule has 4 rings (SSSR count). The van der Waals surface area contributed by atoms with Crippen molar-refractivity contribution in [1.82, 2.24) is 15.2 Å². The molecule has 29 heavy (non-hydrogen) atoms. The molecule has 2 aromatic rings. The lowest BCUT2D eigenvalue weighted by molar-refractivity contribution is 0.0762. The van der Waals surface area contributed by atoms with Gasteiger partial charge in [-0.25, -0.2) is 4.99 Å². The Morgan fingerprint density at radius 3 is 2.90 bits per heavy atom. The zero-order valence-electron chi connectivity index (χ0n) is 17.7. The molecule has 0 amide bonds. The SMILES string of the molecule is Cc1cc2c(s1)C(C)(N1CCC(NCCCc3cnccc3C)CC1)N=C(N)N2. The fourth-order valence-corrected chi connectivity index (χ4v) is 5.57. The molecule has 4 heterocycles. The lowest BCUT2D eigenvalue weighted by atomic mass is 9.98. The fraction of sp³-hybridized carbons (Fsp3) is 0.545. The second-order valence-electron chi connectivity index (χ2n) is 8.36. The van der Waals surface area contributed by atoms with E-state index in [-0.39, 0.29) is 5.66 Å². The topological polar surface area (TPSA) is 78.6 Å². The van der Waals surface area contributed by atoms with Crippen molar-refractivity contribution in [3.8, 4) is 0 Å². The molecule has 0 aromatic carbocycles. The first-order valence-electron chi connectivity index (χ1n) is 10.6. The van der Waals surface area contributed by atoms with Gasteiger partial charge in [0.15, 0.2) is 11.6 Å². The van der Waals surface area contributed by atoms with Gasteiger partial charge in [-0.1, -0.05) is 0 Å². The van der Waals surface area contributed by atoms with Gasteiger partial charge in [-0.3, -0.25) is 9.88 Å². The van der Waals surface area contributed by atoms with E-state index in [0.717, 1.165) is 51.0 Å². The zero-order chi connectivity index (χ0) is 20.4. The van der Waals surface area contributed by atoms with Gasteiger partial charge in [0.2, 0.25) is 0 Å². The first kappa shape index (κ1) is 20.3. The van der Waals surface area contributed by atoms with E-state index in [9.17, 15) is 0 Å². The van der Waals surface area contributed by atoms with E-state index >= 15 is 0 Å². The maximum absolute atomic E-state index is 6.11. The van der Waals surface area contributed by atoms with Crippen molar-refractivity contribution in [1.29, 1.82) is 0 Å². The molecule has 2 aromatic heterocycles. The molecule has 1 fully saturated rings. The smallest absolute Gasteiger partial charge is 0.195 e. The Kier molecular flexibility index (Phi) is 5.90. The Bertz CT molecular complexity index is 883. The summed E-state index contributed by atoms with van der Waals surface area (Å²) in [6, 6.07) is 4.85. The summed E-state index contributed by atoms with van der Waals surface area (Å²) in [4.78, 5) is 14.1. The molecule has 0 radical (unpaired) electrons. The number of hydrogen-bond acceptors (Lipinski definition) is 7. The van der Waals surface area contributed by atoms with E-state index in [0.29, 0.717) is 12.0 Å². The van der Waals surface area contributed by atoms with Crippen LogP contribution >= 0.6 is 11.3 Å². The van der Waals surface area contributed by atoms with E-state index in [1.165, 1.54) is 20.9 Å². The molecule has 156 valence electrons. The van der Waals surface area contributed by atoms with Crippen LogP contribution < -0.4 is 16.4 Å². The second kappa shape index (κ2) is 8.42. The van der Waals surface area contributed by atoms with Crippen LogP contribution in [0.1, 0.15) is 47.1 Å². The molecule has 0 aliphatic carbocycles. The second-order valence-corrected chi connectivity index (χ2v) is 9.62. The summed E-state index contributed by atoms with van der Waals surface area (Å²) in [5.41, 5.74) is 9.57. The Morgan fingerprint density at radius 1 is 1.34 bits per heavy atom. The van der Waals surface area contributed by atoms with Crippen molar-refractivity contribution in [2.24, 2.45) is 10.7 Å². The number of aliphatic imine (C=N–C) groups is 1. The van der Waals surface area contributed by atoms with Crippen molar-refractivity contribution in [3.63, 3.8) is 0 Å². The third kappa shape index (κ3) is 4.32. The van der Waals surface area contributed by atoms with Gasteiger partial charge in [0.1, 0.15) is 0 Å². The maximum atomic E-state index is 6.11. The standard InChI is InChI=1S/C22H32N6S/c1-15-6-10-24-14-17(15)5-4-9-25-18-7-11-28(12-8-18)22(3)20-19(13-16(2)29-20)26-21(23)27-22/h6,10,13-14,18,25H,4-5,7-9,11-12H2,1-3H3,(H3,23,26,27). The summed E-state index contributed by atoms with van der Waals surface area (Å²) in [6.07, 6.45) is 8.39. The van der Waals surface area contributed by atoms with Crippen LogP contribution in [0.15, 0.2) is 29.5 Å². The van der Waals surface area contributed by atoms with Gasteiger partial charge in [0, 0.05) is 36.4 Å². The summed E-state index contributed by atoms with van der Waals surface area (Å²) in [7, 11) is 0. The number of rotatable bonds is 6. The molecule has 0 spiro atoms. The first-order chi connectivity index (χ1) is 14.0. The van der Waals surface area contributed by atoms with Crippen LogP contribution in [-0.2, 0) is 12.1 Å². The van der Waals surface area contributed by atoms with Crippen LogP contribution in [-0.4, -0.2) is 41.5 Å². The number of piperidine rings is 1. The normalized spacial score (nSPS) is 22.8. The van der Waals surface area contributed by atoms with Crippen molar-refractivity contribution < 1.29 is 0 Å². The highest BCUT2D eigenvalue weighted by Crippen LogP contribution is 2.43. The molecule has 2 aliphatic heterocycles. The van der Waals surface area contributed by atoms with Gasteiger partial charge >= 0.3 is 0 Å². The molecule has 0 saturated carbocycles. The number of nitrogens with zero attached hydrogens (tertiary/aromatic N) is 3. The molecule has 2 aliphatic rings. The maximum Gasteiger partial charge on any atom is 0.195 e. The van der Waals surface area contributed by atoms with Gasteiger partial charge in [0.05, 0.1) is 10.6 Å². The van der Waals surface area contributed by atoms with Crippen LogP contribution in [0.2, 0.25) is 0 Å². The third-order valence-corrected chi connectivity index (χ3v) is 7.45. The molecular weight excluding hydrogens is 380 g/mol. The van der Waals surface area contributed by atoms with Crippen molar-refractivity contribution in [2.75, 3.05) is 25.0 Å². The largest absolute Gasteiger partial charge is 0.370 e. The Morgan fingerprint density at radius 2 is 2.14 bits per heavy atom. The number of anilines is 1. The van der Waals surface area contributed by atoms with Crippen LogP contribution in [0.4, 0.5) is 5.69 Å². The van der Waals surface area contributed by atoms with Gasteiger partial charge in [-0.2, -0.15) is 0 Å². The van der Waals surface area contributed by atoms with E-state index in [2.05, 4.69) is 53.4 Å². The Hall–Kier alpha value is -1.96. The summed E-state index contributed by atoms with van der Waals surface area (Å²) in [5.74, 6) is 0.517. The van der Waals surface area contributed by atoms with Crippen LogP contribution in [0, 0.1) is 13.8 Å². The number of likely N-dealkylation sites (tertiary alicyclic amines) is 1. The molecule has 7 heteroatoms. The predicted molar refractivity (Wildman–Crippen MR) is 122 cm³/mol. The highest BCUT2D eigenvalue weighted by molar-refractivity contribution is 7.12. The number of aromatic nitrogens is 1. The monoisotopic (exact) mass is 412 g/mol. The third-order valence-electron chi connectivity index (χ3n) is 6.20. The van der Waals surface area contributed by atoms with Crippen LogP contribution in [0.3, 0.4) is 0 Å². The zero-order valence-corrected chi connectivity index (χ0v) is 18.5. The minimum atomic E-state index is -0.355. The summed E-state index contributed by atoms with van der Waals surface area (Å²) in [6.45, 7) is 9.63. The van der Waals surface area contributed by atoms with Gasteiger partial charge < -0.3 is 16.4 Å². The van der Waals surface area contributed by atoms with Gasteiger partial charge in [-0.05, 0) is 76.3 Å². The van der Waals surface area contributed by atoms with Crippen molar-refractivity contribution in [3.05, 3.63) is 45.4 Å². The fourth-order valence-electron chi connectivity index (χ4n) is 4.49. The molecule has 1 unspecified atom stereocenters. The lowest BCUT2D eigenvalue weighted by Crippen LogP contribution is -2.52. The number of hydrogen-bond donors (Lipinski definition) is 3. The first-order valence-corrected chi connectivity index (χ1v) is 11.4.